The van der Waals surface area contributed by atoms with Crippen molar-refractivity contribution in [2.24, 2.45) is 11.8 Å². The summed E-state index contributed by atoms with van der Waals surface area (Å²) in [7, 11) is 1.58. The van der Waals surface area contributed by atoms with Gasteiger partial charge < -0.3 is 14.6 Å². The Balaban J connectivity index is 1.41. The number of carboxylic acids is 1. The SMILES string of the molecule is COc1ccc(F)c(-c2cc(COc3ccc4c(c3)CCC43C(C)C3C(=O)O)ccc2C(C)(C)C)c1. The van der Waals surface area contributed by atoms with Crippen LogP contribution in [0.15, 0.2) is 54.6 Å². The van der Waals surface area contributed by atoms with Crippen LogP contribution in [0.25, 0.3) is 11.1 Å². The van der Waals surface area contributed by atoms with Crippen LogP contribution in [0.5, 0.6) is 11.5 Å². The topological polar surface area (TPSA) is 55.8 Å². The number of benzene rings is 3. The smallest absolute Gasteiger partial charge is 0.307 e. The van der Waals surface area contributed by atoms with Crippen molar-refractivity contribution >= 4 is 5.97 Å². The van der Waals surface area contributed by atoms with Crippen molar-refractivity contribution in [1.29, 1.82) is 0 Å². The summed E-state index contributed by atoms with van der Waals surface area (Å²) in [5, 5.41) is 9.61. The van der Waals surface area contributed by atoms with Gasteiger partial charge in [0.1, 0.15) is 23.9 Å². The fourth-order valence-electron chi connectivity index (χ4n) is 6.22. The van der Waals surface area contributed by atoms with Gasteiger partial charge in [0, 0.05) is 11.0 Å². The van der Waals surface area contributed by atoms with Crippen molar-refractivity contribution in [1.82, 2.24) is 0 Å². The van der Waals surface area contributed by atoms with Crippen LogP contribution in [0, 0.1) is 17.7 Å². The first-order valence-electron chi connectivity index (χ1n) is 12.5. The van der Waals surface area contributed by atoms with Crippen LogP contribution in [-0.4, -0.2) is 18.2 Å². The Morgan fingerprint density at radius 2 is 1.81 bits per heavy atom. The Morgan fingerprint density at radius 3 is 2.47 bits per heavy atom. The molecule has 1 fully saturated rings. The number of carboxylic acid groups (broad SMARTS) is 1. The minimum Gasteiger partial charge on any atom is -0.497 e. The summed E-state index contributed by atoms with van der Waals surface area (Å²) in [4.78, 5) is 11.7. The number of rotatable bonds is 6. The van der Waals surface area contributed by atoms with E-state index in [0.29, 0.717) is 17.9 Å². The summed E-state index contributed by atoms with van der Waals surface area (Å²) in [6.07, 6.45) is 1.76. The maximum Gasteiger partial charge on any atom is 0.307 e. The second kappa shape index (κ2) is 8.65. The molecule has 0 aliphatic heterocycles. The number of halogens is 1. The summed E-state index contributed by atoms with van der Waals surface area (Å²) in [6, 6.07) is 17.0. The molecule has 5 heteroatoms. The van der Waals surface area contributed by atoms with E-state index in [9.17, 15) is 14.3 Å². The molecule has 0 saturated heterocycles. The molecule has 2 aliphatic rings. The van der Waals surface area contributed by atoms with E-state index in [1.165, 1.54) is 17.2 Å². The Kier molecular flexibility index (Phi) is 5.85. The Labute approximate surface area is 212 Å². The third-order valence-corrected chi connectivity index (χ3v) is 8.17. The van der Waals surface area contributed by atoms with Crippen molar-refractivity contribution < 1.29 is 23.8 Å². The molecule has 0 bridgehead atoms. The fourth-order valence-corrected chi connectivity index (χ4v) is 6.22. The van der Waals surface area contributed by atoms with Gasteiger partial charge in [-0.2, -0.15) is 0 Å². The molecular formula is C31H33FO4. The fraction of sp³-hybridized carbons (Fsp3) is 0.387. The van der Waals surface area contributed by atoms with Gasteiger partial charge in [-0.15, -0.1) is 0 Å². The van der Waals surface area contributed by atoms with E-state index in [1.807, 2.05) is 25.1 Å². The van der Waals surface area contributed by atoms with Crippen LogP contribution >= 0.6 is 0 Å². The van der Waals surface area contributed by atoms with Gasteiger partial charge in [-0.25, -0.2) is 4.39 Å². The standard InChI is InChI=1S/C31H33FO4/c1-18-28(29(33)34)31(18)13-12-20-15-22(7-10-25(20)31)36-17-19-6-9-26(30(2,3)4)23(14-19)24-16-21(35-5)8-11-27(24)32/h6-11,14-16,18,28H,12-13,17H2,1-5H3,(H,33,34). The van der Waals surface area contributed by atoms with E-state index in [-0.39, 0.29) is 28.5 Å². The molecule has 0 radical (unpaired) electrons. The summed E-state index contributed by atoms with van der Waals surface area (Å²) in [5.74, 6) is 0.263. The van der Waals surface area contributed by atoms with Crippen LogP contribution in [0.4, 0.5) is 4.39 Å². The molecule has 5 rings (SSSR count). The maximum absolute atomic E-state index is 14.9. The van der Waals surface area contributed by atoms with Crippen LogP contribution in [0.1, 0.15) is 56.4 Å². The highest BCUT2D eigenvalue weighted by Gasteiger charge is 2.68. The number of hydrogen-bond acceptors (Lipinski definition) is 3. The van der Waals surface area contributed by atoms with Crippen LogP contribution < -0.4 is 9.47 Å². The predicted molar refractivity (Wildman–Crippen MR) is 138 cm³/mol. The van der Waals surface area contributed by atoms with Gasteiger partial charge in [0.25, 0.3) is 0 Å². The molecule has 3 unspecified atom stereocenters. The zero-order valence-electron chi connectivity index (χ0n) is 21.5. The number of hydrogen-bond donors (Lipinski definition) is 1. The average Bonchev–Trinajstić information content (AvgIpc) is 3.26. The molecule has 4 nitrogen and oxygen atoms in total. The van der Waals surface area contributed by atoms with Crippen LogP contribution in [0.2, 0.25) is 0 Å². The summed E-state index contributed by atoms with van der Waals surface area (Å²) >= 11 is 0. The molecule has 1 N–H and O–H groups in total. The van der Waals surface area contributed by atoms with E-state index < -0.39 is 5.97 Å². The molecule has 188 valence electrons. The normalized spacial score (nSPS) is 22.4. The molecule has 0 amide bonds. The summed E-state index contributed by atoms with van der Waals surface area (Å²) < 4.78 is 26.4. The molecule has 0 aromatic heterocycles. The number of ether oxygens (including phenoxy) is 2. The molecule has 3 atom stereocenters. The molecule has 0 heterocycles. The Morgan fingerprint density at radius 1 is 1.06 bits per heavy atom. The molecule has 36 heavy (non-hydrogen) atoms. The van der Waals surface area contributed by atoms with Gasteiger partial charge in [0.2, 0.25) is 0 Å². The molecular weight excluding hydrogens is 455 g/mol. The van der Waals surface area contributed by atoms with E-state index in [2.05, 4.69) is 39.0 Å². The van der Waals surface area contributed by atoms with Crippen molar-refractivity contribution in [3.05, 3.63) is 82.7 Å². The van der Waals surface area contributed by atoms with E-state index in [0.717, 1.165) is 35.3 Å². The van der Waals surface area contributed by atoms with Crippen molar-refractivity contribution in [2.75, 3.05) is 7.11 Å². The van der Waals surface area contributed by atoms with Gasteiger partial charge in [-0.3, -0.25) is 4.79 Å². The van der Waals surface area contributed by atoms with Gasteiger partial charge in [0.05, 0.1) is 13.0 Å². The number of aryl methyl sites for hydroxylation is 1. The van der Waals surface area contributed by atoms with Crippen LogP contribution in [0.3, 0.4) is 0 Å². The van der Waals surface area contributed by atoms with Gasteiger partial charge >= 0.3 is 5.97 Å². The number of carbonyl (C=O) groups is 1. The minimum absolute atomic E-state index is 0.166. The second-order valence-corrected chi connectivity index (χ2v) is 11.2. The second-order valence-electron chi connectivity index (χ2n) is 11.2. The number of aliphatic carboxylic acids is 1. The Bertz CT molecular complexity index is 1340. The first kappa shape index (κ1) is 24.4. The quantitative estimate of drug-likeness (QED) is 0.410. The minimum atomic E-state index is -0.697. The Hall–Kier alpha value is -3.34. The molecule has 2 aliphatic carbocycles. The van der Waals surface area contributed by atoms with Gasteiger partial charge in [-0.1, -0.05) is 45.9 Å². The predicted octanol–water partition coefficient (Wildman–Crippen LogP) is 6.91. The largest absolute Gasteiger partial charge is 0.497 e. The van der Waals surface area contributed by atoms with E-state index in [1.54, 1.807) is 19.2 Å². The highest BCUT2D eigenvalue weighted by molar-refractivity contribution is 5.79. The molecule has 3 aromatic rings. The third kappa shape index (κ3) is 3.95. The summed E-state index contributed by atoms with van der Waals surface area (Å²) in [6.45, 7) is 8.75. The highest BCUT2D eigenvalue weighted by atomic mass is 19.1. The monoisotopic (exact) mass is 488 g/mol. The molecule has 3 aromatic carbocycles. The van der Waals surface area contributed by atoms with Gasteiger partial charge in [0.15, 0.2) is 0 Å². The van der Waals surface area contributed by atoms with Crippen molar-refractivity contribution in [2.45, 2.75) is 58.0 Å². The van der Waals surface area contributed by atoms with Crippen molar-refractivity contribution in [3.8, 4) is 22.6 Å². The lowest BCUT2D eigenvalue weighted by atomic mass is 9.81. The third-order valence-electron chi connectivity index (χ3n) is 8.17. The first-order valence-corrected chi connectivity index (χ1v) is 12.5. The zero-order valence-corrected chi connectivity index (χ0v) is 21.5. The number of fused-ring (bicyclic) bond motifs is 2. The first-order chi connectivity index (χ1) is 17.1. The zero-order chi connectivity index (χ0) is 25.8. The van der Waals surface area contributed by atoms with Crippen LogP contribution in [-0.2, 0) is 28.7 Å². The van der Waals surface area contributed by atoms with Gasteiger partial charge in [-0.05, 0) is 88.4 Å². The average molecular weight is 489 g/mol. The van der Waals surface area contributed by atoms with E-state index in [4.69, 9.17) is 9.47 Å². The highest BCUT2D eigenvalue weighted by Crippen LogP contribution is 2.66. The lowest BCUT2D eigenvalue weighted by Gasteiger charge is -2.24. The lowest BCUT2D eigenvalue weighted by Crippen LogP contribution is -2.13. The maximum atomic E-state index is 14.9. The number of methoxy groups -OCH3 is 1. The summed E-state index contributed by atoms with van der Waals surface area (Å²) in [5.41, 5.74) is 5.30. The molecule has 1 spiro atoms. The lowest BCUT2D eigenvalue weighted by molar-refractivity contribution is -0.139. The van der Waals surface area contributed by atoms with E-state index >= 15 is 0 Å². The van der Waals surface area contributed by atoms with Crippen molar-refractivity contribution in [3.63, 3.8) is 0 Å². The molecule has 1 saturated carbocycles.